The van der Waals surface area contributed by atoms with E-state index in [2.05, 4.69) is 6.92 Å². The van der Waals surface area contributed by atoms with Gasteiger partial charge in [-0.1, -0.05) is 12.5 Å². The fourth-order valence-corrected chi connectivity index (χ4v) is 1.10. The number of benzene rings is 1. The van der Waals surface area contributed by atoms with Gasteiger partial charge in [0.2, 0.25) is 0 Å². The molecule has 0 amide bonds. The van der Waals surface area contributed by atoms with Crippen molar-refractivity contribution in [2.24, 2.45) is 5.92 Å². The minimum atomic E-state index is 0. The fraction of sp³-hybridized carbons (Fsp3) is 0.231. The van der Waals surface area contributed by atoms with Crippen LogP contribution < -0.4 is 0 Å². The second kappa shape index (κ2) is 10.6. The standard InChI is InChI=1S/C11H13O.2CH3.Ce/c1-9-3-5-11(6-4-9)7-10(2)8-12;;;/h3-6,8,10H,1,7H2,2H3;2*1H3;/q3*-1;+3. The van der Waals surface area contributed by atoms with Crippen LogP contribution >= 0.6 is 0 Å². The molecule has 0 fully saturated rings. The molecule has 1 aromatic rings. The van der Waals surface area contributed by atoms with Crippen LogP contribution in [0.3, 0.4) is 0 Å². The molecule has 0 spiro atoms. The first-order valence-electron chi connectivity index (χ1n) is 4.08. The Hall–Kier alpha value is 0.137. The number of carbonyl (C=O) groups excluding carboxylic acids is 1. The van der Waals surface area contributed by atoms with Gasteiger partial charge in [0.05, 0.1) is 0 Å². The molecule has 2 heteroatoms. The van der Waals surface area contributed by atoms with Gasteiger partial charge in [0.25, 0.3) is 0 Å². The normalized spacial score (nSPS) is 9.93. The van der Waals surface area contributed by atoms with Gasteiger partial charge < -0.3 is 19.6 Å². The molecular formula is C13H19CeO. The summed E-state index contributed by atoms with van der Waals surface area (Å²) in [6, 6.07) is 7.96. The van der Waals surface area contributed by atoms with Crippen molar-refractivity contribution in [1.82, 2.24) is 0 Å². The van der Waals surface area contributed by atoms with Gasteiger partial charge in [0.15, 0.2) is 0 Å². The maximum atomic E-state index is 10.4. The molecule has 0 aliphatic carbocycles. The molecule has 1 aromatic carbocycles. The van der Waals surface area contributed by atoms with Crippen molar-refractivity contribution in [1.29, 1.82) is 0 Å². The third-order valence-electron chi connectivity index (χ3n) is 1.81. The predicted octanol–water partition coefficient (Wildman–Crippen LogP) is 3.15. The van der Waals surface area contributed by atoms with Gasteiger partial charge in [0.1, 0.15) is 6.29 Å². The Balaban J connectivity index is -0.000000480. The number of hydrogen-bond donors (Lipinski definition) is 0. The van der Waals surface area contributed by atoms with Crippen molar-refractivity contribution in [2.75, 3.05) is 0 Å². The minimum Gasteiger partial charge on any atom is -0.358 e. The smallest absolute Gasteiger partial charge is 0.358 e. The van der Waals surface area contributed by atoms with E-state index in [4.69, 9.17) is 0 Å². The van der Waals surface area contributed by atoms with E-state index in [1.807, 2.05) is 31.2 Å². The molecule has 81 valence electrons. The Kier molecular flexibility index (Phi) is 14.6. The summed E-state index contributed by atoms with van der Waals surface area (Å²) in [6.07, 6.45) is 1.81. The van der Waals surface area contributed by atoms with Crippen LogP contribution in [0, 0.1) is 69.4 Å². The van der Waals surface area contributed by atoms with E-state index in [-0.39, 0.29) is 62.5 Å². The molecule has 1 nitrogen and oxygen atoms in total. The van der Waals surface area contributed by atoms with Crippen molar-refractivity contribution in [3.8, 4) is 0 Å². The monoisotopic (exact) mass is 331 g/mol. The molecule has 15 heavy (non-hydrogen) atoms. The molecule has 0 saturated heterocycles. The summed E-state index contributed by atoms with van der Waals surface area (Å²) < 4.78 is 0. The first kappa shape index (κ1) is 20.5. The van der Waals surface area contributed by atoms with E-state index in [0.29, 0.717) is 0 Å². The van der Waals surface area contributed by atoms with Gasteiger partial charge in [-0.15, -0.1) is 12.1 Å². The van der Waals surface area contributed by atoms with Crippen molar-refractivity contribution >= 4 is 6.29 Å². The second-order valence-corrected chi connectivity index (χ2v) is 3.13. The van der Waals surface area contributed by atoms with Gasteiger partial charge in [-0.25, -0.2) is 0 Å². The van der Waals surface area contributed by atoms with Crippen molar-refractivity contribution in [3.63, 3.8) is 0 Å². The Morgan fingerprint density at radius 3 is 2.13 bits per heavy atom. The maximum absolute atomic E-state index is 10.4. The summed E-state index contributed by atoms with van der Waals surface area (Å²) in [5.74, 6) is 0.112. The Labute approximate surface area is 128 Å². The van der Waals surface area contributed by atoms with Crippen LogP contribution in [0.1, 0.15) is 18.1 Å². The molecule has 0 bridgehead atoms. The molecule has 0 heterocycles. The van der Waals surface area contributed by atoms with Gasteiger partial charge in [-0.2, -0.15) is 24.6 Å². The van der Waals surface area contributed by atoms with Crippen LogP contribution in [0.2, 0.25) is 0 Å². The van der Waals surface area contributed by atoms with Crippen molar-refractivity contribution in [3.05, 3.63) is 57.2 Å². The minimum absolute atomic E-state index is 0. The largest absolute Gasteiger partial charge is 3.00 e. The number of rotatable bonds is 3. The summed E-state index contributed by atoms with van der Waals surface area (Å²) in [5, 5.41) is 0. The average Bonchev–Trinajstić information content (AvgIpc) is 2.09. The van der Waals surface area contributed by atoms with Crippen LogP contribution in [0.4, 0.5) is 0 Å². The molecular weight excluding hydrogens is 312 g/mol. The first-order valence-corrected chi connectivity index (χ1v) is 4.08. The van der Waals surface area contributed by atoms with Crippen LogP contribution in [-0.2, 0) is 11.2 Å². The predicted molar refractivity (Wildman–Crippen MR) is 62.7 cm³/mol. The fourth-order valence-electron chi connectivity index (χ4n) is 1.10. The molecule has 0 aromatic heterocycles. The van der Waals surface area contributed by atoms with E-state index in [0.717, 1.165) is 18.3 Å². The van der Waals surface area contributed by atoms with E-state index in [9.17, 15) is 4.79 Å². The quantitative estimate of drug-likeness (QED) is 0.614. The van der Waals surface area contributed by atoms with Crippen LogP contribution in [-0.4, -0.2) is 6.29 Å². The van der Waals surface area contributed by atoms with Gasteiger partial charge in [0, 0.05) is 5.92 Å². The molecule has 0 saturated carbocycles. The summed E-state index contributed by atoms with van der Waals surface area (Å²) in [5.41, 5.74) is 2.21. The van der Waals surface area contributed by atoms with E-state index >= 15 is 0 Å². The zero-order chi connectivity index (χ0) is 8.97. The van der Waals surface area contributed by atoms with Gasteiger partial charge in [-0.05, 0) is 6.42 Å². The van der Waals surface area contributed by atoms with Crippen LogP contribution in [0.25, 0.3) is 0 Å². The van der Waals surface area contributed by atoms with E-state index < -0.39 is 0 Å². The van der Waals surface area contributed by atoms with Crippen LogP contribution in [0.15, 0.2) is 24.3 Å². The van der Waals surface area contributed by atoms with E-state index in [1.165, 1.54) is 5.56 Å². The number of carbonyl (C=O) groups is 1. The molecule has 1 rings (SSSR count). The Morgan fingerprint density at radius 1 is 1.27 bits per heavy atom. The number of aldehydes is 1. The van der Waals surface area contributed by atoms with Crippen molar-refractivity contribution < 1.29 is 46.5 Å². The maximum Gasteiger partial charge on any atom is 3.00 e. The van der Waals surface area contributed by atoms with Crippen molar-refractivity contribution in [2.45, 2.75) is 13.3 Å². The van der Waals surface area contributed by atoms with Crippen LogP contribution in [0.5, 0.6) is 0 Å². The van der Waals surface area contributed by atoms with Gasteiger partial charge >= 0.3 is 41.7 Å². The molecule has 1 atom stereocenters. The van der Waals surface area contributed by atoms with Gasteiger partial charge in [-0.3, -0.25) is 0 Å². The molecule has 1 unspecified atom stereocenters. The Bertz CT molecular complexity index is 254. The summed E-state index contributed by atoms with van der Waals surface area (Å²) in [7, 11) is 0. The second-order valence-electron chi connectivity index (χ2n) is 3.13. The molecule has 0 aliphatic rings. The molecule has 0 N–H and O–H groups in total. The SMILES string of the molecule is [CH2-]c1ccc(CC(C)C=O)cc1.[CH3-].[CH3-].[Ce+3]. The number of hydrogen-bond acceptors (Lipinski definition) is 1. The third kappa shape index (κ3) is 8.00. The summed E-state index contributed by atoms with van der Waals surface area (Å²) >= 11 is 0. The first-order chi connectivity index (χ1) is 5.72. The zero-order valence-electron chi connectivity index (χ0n) is 9.79. The molecule has 1 radical (unpaired) electrons. The Morgan fingerprint density at radius 2 is 1.73 bits per heavy atom. The summed E-state index contributed by atoms with van der Waals surface area (Å²) in [6.45, 7) is 5.71. The molecule has 0 aliphatic heterocycles. The summed E-state index contributed by atoms with van der Waals surface area (Å²) in [4.78, 5) is 10.4. The topological polar surface area (TPSA) is 17.1 Å². The van der Waals surface area contributed by atoms with E-state index in [1.54, 1.807) is 0 Å². The third-order valence-corrected chi connectivity index (χ3v) is 1.81. The zero-order valence-corrected chi connectivity index (χ0v) is 12.9. The average molecular weight is 331 g/mol.